The zero-order chi connectivity index (χ0) is 17.6. The van der Waals surface area contributed by atoms with Gasteiger partial charge in [-0.3, -0.25) is 9.59 Å². The van der Waals surface area contributed by atoms with Crippen LogP contribution in [-0.2, 0) is 33.0 Å². The van der Waals surface area contributed by atoms with E-state index >= 15 is 0 Å². The molecule has 0 radical (unpaired) electrons. The minimum atomic E-state index is -2.76. The molecular formula is C16H14O8. The number of ketones is 1. The third-order valence-electron chi connectivity index (χ3n) is 4.12. The van der Waals surface area contributed by atoms with Crippen molar-refractivity contribution in [2.75, 3.05) is 7.11 Å². The van der Waals surface area contributed by atoms with Crippen molar-refractivity contribution < 1.29 is 34.1 Å². The number of carbonyl (C=O) groups excluding carboxylic acids is 2. The van der Waals surface area contributed by atoms with Gasteiger partial charge in [0.1, 0.15) is 22.5 Å². The van der Waals surface area contributed by atoms with Gasteiger partial charge in [-0.25, -0.2) is 4.79 Å². The maximum Gasteiger partial charge on any atom is 0.350 e. The minimum absolute atomic E-state index is 0.00985. The molecule has 0 fully saturated rings. The van der Waals surface area contributed by atoms with Crippen molar-refractivity contribution in [1.29, 1.82) is 0 Å². The molecule has 126 valence electrons. The average Bonchev–Trinajstić information content (AvgIpc) is 2.56. The van der Waals surface area contributed by atoms with Gasteiger partial charge in [0.05, 0.1) is 19.3 Å². The highest BCUT2D eigenvalue weighted by molar-refractivity contribution is 6.09. The van der Waals surface area contributed by atoms with Crippen LogP contribution in [0.25, 0.3) is 11.0 Å². The molecule has 24 heavy (non-hydrogen) atoms. The Morgan fingerprint density at radius 1 is 1.33 bits per heavy atom. The Labute approximate surface area is 134 Å². The molecule has 8 heteroatoms. The van der Waals surface area contributed by atoms with Crippen molar-refractivity contribution in [3.05, 3.63) is 39.2 Å². The highest BCUT2D eigenvalue weighted by Crippen LogP contribution is 2.35. The first-order valence-electron chi connectivity index (χ1n) is 7.11. The SMILES string of the molecule is COC(=O)[C@@]1(O)C(=O)CCc2oc3cc(CO)cc(O)c3c(=O)c21. The Morgan fingerprint density at radius 3 is 2.67 bits per heavy atom. The first-order chi connectivity index (χ1) is 11.3. The number of aromatic hydroxyl groups is 1. The van der Waals surface area contributed by atoms with Crippen molar-refractivity contribution in [3.8, 4) is 5.75 Å². The Bertz CT molecular complexity index is 926. The number of benzene rings is 1. The van der Waals surface area contributed by atoms with Gasteiger partial charge in [0.15, 0.2) is 5.78 Å². The molecule has 1 aliphatic rings. The predicted molar refractivity (Wildman–Crippen MR) is 79.3 cm³/mol. The number of rotatable bonds is 2. The van der Waals surface area contributed by atoms with E-state index in [1.54, 1.807) is 0 Å². The topological polar surface area (TPSA) is 134 Å². The van der Waals surface area contributed by atoms with E-state index in [2.05, 4.69) is 4.74 Å². The van der Waals surface area contributed by atoms with Crippen LogP contribution in [0.4, 0.5) is 0 Å². The number of aliphatic hydroxyl groups is 2. The normalized spacial score (nSPS) is 20.0. The van der Waals surface area contributed by atoms with Gasteiger partial charge in [0.2, 0.25) is 5.43 Å². The van der Waals surface area contributed by atoms with Crippen LogP contribution >= 0.6 is 0 Å². The van der Waals surface area contributed by atoms with E-state index in [4.69, 9.17) is 4.42 Å². The van der Waals surface area contributed by atoms with Crippen LogP contribution in [0, 0.1) is 0 Å². The number of aryl methyl sites for hydroxylation is 1. The molecule has 2 aromatic rings. The molecule has 0 aliphatic heterocycles. The summed E-state index contributed by atoms with van der Waals surface area (Å²) in [6.45, 7) is -0.380. The van der Waals surface area contributed by atoms with Gasteiger partial charge in [-0.2, -0.15) is 0 Å². The summed E-state index contributed by atoms with van der Waals surface area (Å²) in [5.41, 5.74) is -3.89. The number of hydrogen-bond donors (Lipinski definition) is 3. The second kappa shape index (κ2) is 5.43. The number of methoxy groups -OCH3 is 1. The van der Waals surface area contributed by atoms with Crippen LogP contribution in [0.15, 0.2) is 21.3 Å². The molecule has 8 nitrogen and oxygen atoms in total. The molecule has 1 atom stereocenters. The van der Waals surface area contributed by atoms with Crippen LogP contribution in [-0.4, -0.2) is 34.2 Å². The van der Waals surface area contributed by atoms with Crippen LogP contribution in [0.3, 0.4) is 0 Å². The van der Waals surface area contributed by atoms with Gasteiger partial charge in [-0.1, -0.05) is 0 Å². The lowest BCUT2D eigenvalue weighted by atomic mass is 9.80. The van der Waals surface area contributed by atoms with Gasteiger partial charge >= 0.3 is 5.97 Å². The number of fused-ring (bicyclic) bond motifs is 2. The number of aliphatic hydroxyl groups excluding tert-OH is 1. The summed E-state index contributed by atoms with van der Waals surface area (Å²) in [4.78, 5) is 36.9. The molecule has 3 N–H and O–H groups in total. The quantitative estimate of drug-likeness (QED) is 0.510. The summed E-state index contributed by atoms with van der Waals surface area (Å²) in [6.07, 6.45) is -0.193. The summed E-state index contributed by atoms with van der Waals surface area (Å²) in [6, 6.07) is 2.53. The number of phenolic OH excluding ortho intramolecular Hbond substituents is 1. The third-order valence-corrected chi connectivity index (χ3v) is 4.12. The smallest absolute Gasteiger partial charge is 0.350 e. The van der Waals surface area contributed by atoms with E-state index in [1.807, 2.05) is 0 Å². The van der Waals surface area contributed by atoms with Gasteiger partial charge < -0.3 is 24.5 Å². The maximum absolute atomic E-state index is 12.8. The van der Waals surface area contributed by atoms with Gasteiger partial charge in [-0.05, 0) is 17.7 Å². The Kier molecular flexibility index (Phi) is 3.66. The van der Waals surface area contributed by atoms with E-state index < -0.39 is 34.1 Å². The predicted octanol–water partition coefficient (Wildman–Crippen LogP) is -0.133. The Balaban J connectivity index is 2.43. The van der Waals surface area contributed by atoms with Crippen molar-refractivity contribution in [2.45, 2.75) is 25.0 Å². The van der Waals surface area contributed by atoms with E-state index in [0.717, 1.165) is 13.2 Å². The van der Waals surface area contributed by atoms with Gasteiger partial charge in [0, 0.05) is 12.8 Å². The Morgan fingerprint density at radius 2 is 2.04 bits per heavy atom. The summed E-state index contributed by atoms with van der Waals surface area (Å²) in [7, 11) is 0.982. The molecule has 0 spiro atoms. The van der Waals surface area contributed by atoms with E-state index in [1.165, 1.54) is 6.07 Å². The van der Waals surface area contributed by atoms with Crippen LogP contribution in [0.2, 0.25) is 0 Å². The van der Waals surface area contributed by atoms with Crippen LogP contribution in [0.1, 0.15) is 23.3 Å². The highest BCUT2D eigenvalue weighted by Gasteiger charge is 2.53. The maximum atomic E-state index is 12.8. The third kappa shape index (κ3) is 2.04. The van der Waals surface area contributed by atoms with E-state index in [9.17, 15) is 29.7 Å². The molecule has 1 heterocycles. The minimum Gasteiger partial charge on any atom is -0.507 e. The molecule has 0 amide bonds. The fraction of sp³-hybridized carbons (Fsp3) is 0.312. The molecule has 1 aromatic heterocycles. The van der Waals surface area contributed by atoms with Crippen molar-refractivity contribution in [1.82, 2.24) is 0 Å². The molecule has 0 bridgehead atoms. The van der Waals surface area contributed by atoms with E-state index in [0.29, 0.717) is 5.56 Å². The monoisotopic (exact) mass is 334 g/mol. The summed E-state index contributed by atoms with van der Waals surface area (Å²) < 4.78 is 10.0. The summed E-state index contributed by atoms with van der Waals surface area (Å²) >= 11 is 0. The second-order valence-corrected chi connectivity index (χ2v) is 5.50. The lowest BCUT2D eigenvalue weighted by Crippen LogP contribution is -2.50. The molecule has 1 aromatic carbocycles. The molecule has 0 saturated carbocycles. The molecule has 1 aliphatic carbocycles. The van der Waals surface area contributed by atoms with Crippen molar-refractivity contribution >= 4 is 22.7 Å². The largest absolute Gasteiger partial charge is 0.507 e. The second-order valence-electron chi connectivity index (χ2n) is 5.50. The van der Waals surface area contributed by atoms with E-state index in [-0.39, 0.29) is 36.2 Å². The molecule has 3 rings (SSSR count). The number of carbonyl (C=O) groups is 2. The van der Waals surface area contributed by atoms with Crippen LogP contribution in [0.5, 0.6) is 5.75 Å². The lowest BCUT2D eigenvalue weighted by molar-refractivity contribution is -0.170. The number of phenols is 1. The van der Waals surface area contributed by atoms with Crippen molar-refractivity contribution in [3.63, 3.8) is 0 Å². The van der Waals surface area contributed by atoms with Crippen molar-refractivity contribution in [2.24, 2.45) is 0 Å². The lowest BCUT2D eigenvalue weighted by Gasteiger charge is -2.28. The fourth-order valence-corrected chi connectivity index (χ4v) is 2.94. The summed E-state index contributed by atoms with van der Waals surface area (Å²) in [5.74, 6) is -2.68. The standard InChI is InChI=1S/C16H14O8/c1-23-15(21)16(22)11(19)3-2-9-13(16)14(20)12-8(18)4-7(6-17)5-10(12)24-9/h4-5,17-18,22H,2-3,6H2,1H3/t16-/m1/s1. The summed E-state index contributed by atoms with van der Waals surface area (Å²) in [5, 5.41) is 29.5. The highest BCUT2D eigenvalue weighted by atomic mass is 16.5. The first-order valence-corrected chi connectivity index (χ1v) is 7.11. The zero-order valence-electron chi connectivity index (χ0n) is 12.7. The fourth-order valence-electron chi connectivity index (χ4n) is 2.94. The van der Waals surface area contributed by atoms with Crippen LogP contribution < -0.4 is 5.43 Å². The number of Topliss-reactive ketones (excluding diaryl/α,β-unsaturated/α-hetero) is 1. The van der Waals surface area contributed by atoms with Gasteiger partial charge in [-0.15, -0.1) is 0 Å². The Hall–Kier alpha value is -2.71. The number of ether oxygens (including phenoxy) is 1. The molecule has 0 unspecified atom stereocenters. The first kappa shape index (κ1) is 16.2. The zero-order valence-corrected chi connectivity index (χ0v) is 12.7. The molecule has 0 saturated heterocycles. The van der Waals surface area contributed by atoms with Gasteiger partial charge in [0.25, 0.3) is 5.60 Å². The number of esters is 1. The molecular weight excluding hydrogens is 320 g/mol. The number of hydrogen-bond acceptors (Lipinski definition) is 8. The average molecular weight is 334 g/mol.